The molecule has 0 unspecified atom stereocenters. The fourth-order valence-electron chi connectivity index (χ4n) is 4.11. The van der Waals surface area contributed by atoms with E-state index in [0.717, 1.165) is 30.6 Å². The molecule has 0 radical (unpaired) electrons. The van der Waals surface area contributed by atoms with E-state index in [1.165, 1.54) is 17.1 Å². The predicted molar refractivity (Wildman–Crippen MR) is 120 cm³/mol. The number of hydrogen-bond donors (Lipinski definition) is 1. The largest absolute Gasteiger partial charge is 0.394 e. The highest BCUT2D eigenvalue weighted by Crippen LogP contribution is 2.27. The molecule has 1 aromatic heterocycles. The Bertz CT molecular complexity index is 963. The number of rotatable bonds is 7. The maximum Gasteiger partial charge on any atom is 0.237 e. The van der Waals surface area contributed by atoms with Gasteiger partial charge in [-0.3, -0.25) is 14.4 Å². The highest BCUT2D eigenvalue weighted by Gasteiger charge is 2.26. The first kappa shape index (κ1) is 22.0. The van der Waals surface area contributed by atoms with Crippen LogP contribution in [0.15, 0.2) is 30.6 Å². The molecule has 2 aliphatic heterocycles. The summed E-state index contributed by atoms with van der Waals surface area (Å²) < 4.78 is 16.2. The van der Waals surface area contributed by atoms with Crippen LogP contribution in [-0.4, -0.2) is 86.4 Å². The van der Waals surface area contributed by atoms with E-state index in [-0.39, 0.29) is 18.3 Å². The van der Waals surface area contributed by atoms with Crippen molar-refractivity contribution in [3.8, 4) is 11.4 Å². The van der Waals surface area contributed by atoms with Crippen LogP contribution in [0, 0.1) is 5.82 Å². The molecule has 1 saturated heterocycles. The third kappa shape index (κ3) is 5.16. The van der Waals surface area contributed by atoms with Crippen LogP contribution in [-0.2, 0) is 11.3 Å². The Kier molecular flexibility index (Phi) is 7.04. The minimum absolute atomic E-state index is 0.0474. The second kappa shape index (κ2) is 9.93. The molecule has 0 spiro atoms. The van der Waals surface area contributed by atoms with Gasteiger partial charge in [0.15, 0.2) is 5.82 Å². The number of thioether (sulfide) groups is 1. The van der Waals surface area contributed by atoms with Crippen molar-refractivity contribution in [2.45, 2.75) is 24.6 Å². The van der Waals surface area contributed by atoms with Crippen LogP contribution in [0.4, 0.5) is 4.39 Å². The molecule has 1 fully saturated rings. The molecule has 0 aliphatic carbocycles. The van der Waals surface area contributed by atoms with Crippen molar-refractivity contribution < 1.29 is 14.3 Å². The molecule has 166 valence electrons. The third-order valence-corrected chi connectivity index (χ3v) is 6.98. The number of carbonyl (C=O) groups is 1. The van der Waals surface area contributed by atoms with Gasteiger partial charge in [0.05, 0.1) is 25.3 Å². The van der Waals surface area contributed by atoms with Gasteiger partial charge in [0.2, 0.25) is 5.91 Å². The number of nitrogens with zero attached hydrogens (tertiary/aromatic N) is 5. The number of aromatic nitrogens is 3. The predicted octanol–water partition coefficient (Wildman–Crippen LogP) is 2.13. The van der Waals surface area contributed by atoms with E-state index in [9.17, 15) is 9.18 Å². The van der Waals surface area contributed by atoms with Crippen LogP contribution >= 0.6 is 11.8 Å². The number of benzene rings is 1. The molecule has 2 aromatic rings. The van der Waals surface area contributed by atoms with Crippen molar-refractivity contribution in [2.24, 2.45) is 0 Å². The van der Waals surface area contributed by atoms with E-state index in [1.54, 1.807) is 6.07 Å². The number of amides is 1. The van der Waals surface area contributed by atoms with Crippen LogP contribution in [0.5, 0.6) is 0 Å². The van der Waals surface area contributed by atoms with Gasteiger partial charge in [-0.25, -0.2) is 9.37 Å². The lowest BCUT2D eigenvalue weighted by Gasteiger charge is -2.28. The molecular formula is C22H28FN5O2S. The zero-order valence-corrected chi connectivity index (χ0v) is 18.5. The molecule has 9 heteroatoms. The summed E-state index contributed by atoms with van der Waals surface area (Å²) in [5, 5.41) is 13.8. The Morgan fingerprint density at radius 2 is 2.23 bits per heavy atom. The minimum atomic E-state index is -0.379. The summed E-state index contributed by atoms with van der Waals surface area (Å²) >= 11 is 1.87. The molecule has 1 amide bonds. The average molecular weight is 446 g/mol. The molecule has 2 aliphatic rings. The minimum Gasteiger partial charge on any atom is -0.394 e. The second-order valence-electron chi connectivity index (χ2n) is 7.95. The number of aliphatic hydroxyl groups is 1. The van der Waals surface area contributed by atoms with E-state index in [2.05, 4.69) is 21.2 Å². The zero-order valence-electron chi connectivity index (χ0n) is 17.7. The van der Waals surface area contributed by atoms with Gasteiger partial charge in [0.25, 0.3) is 0 Å². The summed E-state index contributed by atoms with van der Waals surface area (Å²) in [7, 11) is 0. The van der Waals surface area contributed by atoms with Gasteiger partial charge in [-0.05, 0) is 48.9 Å². The molecule has 1 aromatic carbocycles. The summed E-state index contributed by atoms with van der Waals surface area (Å²) in [4.78, 5) is 20.9. The summed E-state index contributed by atoms with van der Waals surface area (Å²) in [6.07, 6.45) is 7.50. The van der Waals surface area contributed by atoms with Crippen molar-refractivity contribution in [2.75, 3.05) is 45.6 Å². The highest BCUT2D eigenvalue weighted by molar-refractivity contribution is 7.99. The zero-order chi connectivity index (χ0) is 21.8. The average Bonchev–Trinajstić information content (AvgIpc) is 3.43. The number of halogens is 1. The summed E-state index contributed by atoms with van der Waals surface area (Å²) in [6, 6.07) is 5.08. The highest BCUT2D eigenvalue weighted by atomic mass is 32.2. The number of aliphatic hydroxyl groups excluding tert-OH is 1. The Balaban J connectivity index is 1.37. The van der Waals surface area contributed by atoms with Gasteiger partial charge in [-0.1, -0.05) is 12.1 Å². The molecule has 0 bridgehead atoms. The fourth-order valence-corrected chi connectivity index (χ4v) is 4.81. The van der Waals surface area contributed by atoms with E-state index in [4.69, 9.17) is 5.11 Å². The van der Waals surface area contributed by atoms with Crippen molar-refractivity contribution in [1.29, 1.82) is 0 Å². The summed E-state index contributed by atoms with van der Waals surface area (Å²) in [5.41, 5.74) is 2.21. The molecule has 1 atom stereocenters. The maximum atomic E-state index is 14.7. The van der Waals surface area contributed by atoms with E-state index in [0.29, 0.717) is 49.2 Å². The van der Waals surface area contributed by atoms with Crippen molar-refractivity contribution >= 4 is 23.2 Å². The Morgan fingerprint density at radius 3 is 2.90 bits per heavy atom. The smallest absolute Gasteiger partial charge is 0.237 e. The Hall–Kier alpha value is -2.23. The monoisotopic (exact) mass is 445 g/mol. The lowest BCUT2D eigenvalue weighted by molar-refractivity contribution is -0.131. The fraction of sp³-hybridized carbons (Fsp3) is 0.500. The van der Waals surface area contributed by atoms with Gasteiger partial charge >= 0.3 is 0 Å². The van der Waals surface area contributed by atoms with Gasteiger partial charge in [0, 0.05) is 24.9 Å². The van der Waals surface area contributed by atoms with Crippen LogP contribution in [0.1, 0.15) is 18.4 Å². The third-order valence-electron chi connectivity index (χ3n) is 5.93. The Morgan fingerprint density at radius 1 is 1.35 bits per heavy atom. The quantitative estimate of drug-likeness (QED) is 0.704. The van der Waals surface area contributed by atoms with Crippen LogP contribution in [0.25, 0.3) is 17.0 Å². The number of likely N-dealkylation sites (tertiary alicyclic amines) is 1. The summed E-state index contributed by atoms with van der Waals surface area (Å²) in [5.74, 6) is 0.0941. The van der Waals surface area contributed by atoms with E-state index < -0.39 is 0 Å². The molecule has 7 nitrogen and oxygen atoms in total. The maximum absolute atomic E-state index is 14.7. The van der Waals surface area contributed by atoms with Gasteiger partial charge in [-0.15, -0.1) is 0 Å². The lowest BCUT2D eigenvalue weighted by atomic mass is 9.98. The molecular weight excluding hydrogens is 417 g/mol. The van der Waals surface area contributed by atoms with Crippen molar-refractivity contribution in [3.05, 3.63) is 42.0 Å². The van der Waals surface area contributed by atoms with Crippen LogP contribution in [0.3, 0.4) is 0 Å². The molecule has 3 heterocycles. The van der Waals surface area contributed by atoms with Crippen LogP contribution in [0.2, 0.25) is 0 Å². The first-order valence-electron chi connectivity index (χ1n) is 10.6. The van der Waals surface area contributed by atoms with E-state index >= 15 is 0 Å². The summed E-state index contributed by atoms with van der Waals surface area (Å²) in [6.45, 7) is 3.95. The SMILES string of the molecule is CS[C@H]1CCN(CC(=O)N2CC=C(c3ccc(-c4ncn(CCO)n4)c(F)c3)CC2)C1. The van der Waals surface area contributed by atoms with Gasteiger partial charge < -0.3 is 10.0 Å². The van der Waals surface area contributed by atoms with Gasteiger partial charge in [-0.2, -0.15) is 16.9 Å². The van der Waals surface area contributed by atoms with Gasteiger partial charge in [0.1, 0.15) is 12.1 Å². The first-order chi connectivity index (χ1) is 15.1. The van der Waals surface area contributed by atoms with Crippen molar-refractivity contribution in [1.82, 2.24) is 24.6 Å². The number of carbonyl (C=O) groups excluding carboxylic acids is 1. The standard InChI is InChI=1S/C22H28FN5O2S/c1-31-18-6-7-26(13-18)14-21(30)27-8-4-16(5-9-27)17-2-3-19(20(23)12-17)22-24-15-28(25-22)10-11-29/h2-4,12,15,18,29H,5-11,13-14H2,1H3/t18-/m0/s1. The van der Waals surface area contributed by atoms with E-state index in [1.807, 2.05) is 28.8 Å². The molecule has 0 saturated carbocycles. The normalized spacial score (nSPS) is 19.6. The van der Waals surface area contributed by atoms with Crippen LogP contribution < -0.4 is 0 Å². The Labute approximate surface area is 185 Å². The molecule has 1 N–H and O–H groups in total. The molecule has 31 heavy (non-hydrogen) atoms. The number of hydrogen-bond acceptors (Lipinski definition) is 6. The topological polar surface area (TPSA) is 74.5 Å². The molecule has 4 rings (SSSR count). The second-order valence-corrected chi connectivity index (χ2v) is 9.09. The lowest BCUT2D eigenvalue weighted by Crippen LogP contribution is -2.41. The first-order valence-corrected chi connectivity index (χ1v) is 11.9. The van der Waals surface area contributed by atoms with Crippen molar-refractivity contribution in [3.63, 3.8) is 0 Å².